The van der Waals surface area contributed by atoms with Gasteiger partial charge in [0.2, 0.25) is 0 Å². The molecule has 6 nitrogen and oxygen atoms in total. The molecule has 1 N–H and O–H groups in total. The highest BCUT2D eigenvalue weighted by atomic mass is 35.5. The first kappa shape index (κ1) is 24.1. The average Bonchev–Trinajstić information content (AvgIpc) is 2.91. The van der Waals surface area contributed by atoms with E-state index in [1.165, 1.54) is 16.8 Å². The molecule has 1 amide bonds. The number of nitrogens with one attached hydrogen (secondary N) is 1. The zero-order valence-corrected chi connectivity index (χ0v) is 21.4. The first-order valence-electron chi connectivity index (χ1n) is 12.3. The lowest BCUT2D eigenvalue weighted by atomic mass is 10.1. The number of aromatic nitrogens is 2. The second kappa shape index (κ2) is 10.5. The first-order chi connectivity index (χ1) is 17.5. The summed E-state index contributed by atoms with van der Waals surface area (Å²) in [5.41, 5.74) is 6.90. The van der Waals surface area contributed by atoms with Gasteiger partial charge in [-0.15, -0.1) is 0 Å². The van der Waals surface area contributed by atoms with Crippen LogP contribution in [0.5, 0.6) is 0 Å². The maximum absolute atomic E-state index is 12.6. The van der Waals surface area contributed by atoms with Crippen LogP contribution < -0.4 is 15.1 Å². The number of amides is 1. The number of rotatable bonds is 6. The largest absolute Gasteiger partial charge is 0.368 e. The van der Waals surface area contributed by atoms with Gasteiger partial charge in [-0.3, -0.25) is 4.79 Å². The Bertz CT molecular complexity index is 1400. The van der Waals surface area contributed by atoms with Gasteiger partial charge in [0.1, 0.15) is 11.5 Å². The van der Waals surface area contributed by atoms with E-state index in [1.807, 2.05) is 42.5 Å². The predicted octanol–water partition coefficient (Wildman–Crippen LogP) is 5.20. The second-order valence-electron chi connectivity index (χ2n) is 9.19. The van der Waals surface area contributed by atoms with Crippen LogP contribution in [0.4, 0.5) is 11.5 Å². The zero-order valence-electron chi connectivity index (χ0n) is 20.7. The summed E-state index contributed by atoms with van der Waals surface area (Å²) in [7, 11) is 0. The van der Waals surface area contributed by atoms with Crippen molar-refractivity contribution in [3.63, 3.8) is 0 Å². The summed E-state index contributed by atoms with van der Waals surface area (Å²) in [4.78, 5) is 26.8. The lowest BCUT2D eigenvalue weighted by molar-refractivity contribution is 0.0949. The molecule has 0 saturated carbocycles. The molecule has 184 valence electrons. The standard InChI is InChI=1S/C29H30ClN5O/c1-20-6-5-9-27(21(20)2)34-16-18-35(19-17-34)28-13-12-24-25(33-28)10-11-26(32-24)29(36)31-15-14-22-7-3-4-8-23(22)30/h3-13H,14-19H2,1-2H3,(H,31,36). The molecule has 1 aliphatic heterocycles. The van der Waals surface area contributed by atoms with Crippen molar-refractivity contribution >= 4 is 40.0 Å². The summed E-state index contributed by atoms with van der Waals surface area (Å²) in [5.74, 6) is 0.748. The Morgan fingerprint density at radius 3 is 2.39 bits per heavy atom. The maximum Gasteiger partial charge on any atom is 0.269 e. The minimum absolute atomic E-state index is 0.199. The van der Waals surface area contributed by atoms with Gasteiger partial charge in [-0.1, -0.05) is 41.9 Å². The van der Waals surface area contributed by atoms with E-state index in [4.69, 9.17) is 16.6 Å². The number of carbonyl (C=O) groups is 1. The summed E-state index contributed by atoms with van der Waals surface area (Å²) in [6.07, 6.45) is 0.667. The summed E-state index contributed by atoms with van der Waals surface area (Å²) in [5, 5.41) is 3.65. The molecule has 2 aromatic carbocycles. The van der Waals surface area contributed by atoms with Crippen LogP contribution in [0, 0.1) is 13.8 Å². The number of nitrogens with zero attached hydrogens (tertiary/aromatic N) is 4. The van der Waals surface area contributed by atoms with E-state index >= 15 is 0 Å². The van der Waals surface area contributed by atoms with Crippen LogP contribution in [0.2, 0.25) is 5.02 Å². The monoisotopic (exact) mass is 499 g/mol. The number of carbonyl (C=O) groups excluding carboxylic acids is 1. The predicted molar refractivity (Wildman–Crippen MR) is 147 cm³/mol. The van der Waals surface area contributed by atoms with Gasteiger partial charge < -0.3 is 15.1 Å². The molecule has 0 unspecified atom stereocenters. The van der Waals surface area contributed by atoms with Crippen molar-refractivity contribution in [1.29, 1.82) is 0 Å². The molecule has 4 aromatic rings. The number of fused-ring (bicyclic) bond motifs is 1. The first-order valence-corrected chi connectivity index (χ1v) is 12.7. The highest BCUT2D eigenvalue weighted by molar-refractivity contribution is 6.31. The van der Waals surface area contributed by atoms with Crippen LogP contribution in [-0.4, -0.2) is 48.6 Å². The molecule has 1 saturated heterocycles. The van der Waals surface area contributed by atoms with Gasteiger partial charge in [0.05, 0.1) is 11.0 Å². The van der Waals surface area contributed by atoms with Crippen molar-refractivity contribution in [2.45, 2.75) is 20.3 Å². The van der Waals surface area contributed by atoms with Crippen LogP contribution in [0.1, 0.15) is 27.2 Å². The smallest absolute Gasteiger partial charge is 0.269 e. The lowest BCUT2D eigenvalue weighted by Gasteiger charge is -2.37. The van der Waals surface area contributed by atoms with Crippen LogP contribution in [0.15, 0.2) is 66.7 Å². The van der Waals surface area contributed by atoms with E-state index < -0.39 is 0 Å². The Morgan fingerprint density at radius 2 is 1.58 bits per heavy atom. The Labute approximate surface area is 216 Å². The highest BCUT2D eigenvalue weighted by Crippen LogP contribution is 2.25. The maximum atomic E-state index is 12.6. The fourth-order valence-electron chi connectivity index (χ4n) is 4.66. The van der Waals surface area contributed by atoms with E-state index in [-0.39, 0.29) is 5.91 Å². The molecule has 0 atom stereocenters. The molecule has 3 heterocycles. The van der Waals surface area contributed by atoms with Gasteiger partial charge >= 0.3 is 0 Å². The number of pyridine rings is 2. The highest BCUT2D eigenvalue weighted by Gasteiger charge is 2.20. The van der Waals surface area contributed by atoms with E-state index in [0.29, 0.717) is 29.2 Å². The number of hydrogen-bond acceptors (Lipinski definition) is 5. The number of anilines is 2. The minimum Gasteiger partial charge on any atom is -0.368 e. The van der Waals surface area contributed by atoms with Crippen LogP contribution in [0.25, 0.3) is 11.0 Å². The Kier molecular flexibility index (Phi) is 7.05. The quantitative estimate of drug-likeness (QED) is 0.395. The number of benzene rings is 2. The summed E-state index contributed by atoms with van der Waals surface area (Å²) in [6, 6.07) is 21.7. The molecule has 0 aliphatic carbocycles. The second-order valence-corrected chi connectivity index (χ2v) is 9.60. The molecule has 36 heavy (non-hydrogen) atoms. The molecule has 1 aliphatic rings. The van der Waals surface area contributed by atoms with Gasteiger partial charge in [-0.25, -0.2) is 9.97 Å². The van der Waals surface area contributed by atoms with Crippen LogP contribution >= 0.6 is 11.6 Å². The molecule has 2 aromatic heterocycles. The number of halogens is 1. The van der Waals surface area contributed by atoms with Crippen molar-refractivity contribution < 1.29 is 4.79 Å². The Balaban J connectivity index is 1.21. The topological polar surface area (TPSA) is 61.4 Å². The molecular formula is C29H30ClN5O. The van der Waals surface area contributed by atoms with E-state index in [1.54, 1.807) is 6.07 Å². The van der Waals surface area contributed by atoms with Crippen molar-refractivity contribution in [2.75, 3.05) is 42.5 Å². The molecule has 1 fully saturated rings. The summed E-state index contributed by atoms with van der Waals surface area (Å²) >= 11 is 6.20. The van der Waals surface area contributed by atoms with Crippen LogP contribution in [0.3, 0.4) is 0 Å². The summed E-state index contributed by atoms with van der Waals surface area (Å²) < 4.78 is 0. The van der Waals surface area contributed by atoms with Crippen molar-refractivity contribution in [1.82, 2.24) is 15.3 Å². The molecule has 7 heteroatoms. The third kappa shape index (κ3) is 5.14. The van der Waals surface area contributed by atoms with Crippen molar-refractivity contribution in [3.05, 3.63) is 94.1 Å². The lowest BCUT2D eigenvalue weighted by Crippen LogP contribution is -2.47. The van der Waals surface area contributed by atoms with Crippen molar-refractivity contribution in [2.24, 2.45) is 0 Å². The number of hydrogen-bond donors (Lipinski definition) is 1. The Morgan fingerprint density at radius 1 is 0.861 bits per heavy atom. The minimum atomic E-state index is -0.199. The van der Waals surface area contributed by atoms with Gasteiger partial charge in [0.15, 0.2) is 0 Å². The SMILES string of the molecule is Cc1cccc(N2CCN(c3ccc4nc(C(=O)NCCc5ccccc5Cl)ccc4n3)CC2)c1C. The van der Waals surface area contributed by atoms with E-state index in [0.717, 1.165) is 43.1 Å². The van der Waals surface area contributed by atoms with E-state index in [9.17, 15) is 4.79 Å². The van der Waals surface area contributed by atoms with E-state index in [2.05, 4.69) is 52.1 Å². The van der Waals surface area contributed by atoms with Gasteiger partial charge in [0.25, 0.3) is 5.91 Å². The number of piperazine rings is 1. The molecule has 0 bridgehead atoms. The molecule has 0 radical (unpaired) electrons. The van der Waals surface area contributed by atoms with Gasteiger partial charge in [-0.05, 0) is 73.4 Å². The fourth-order valence-corrected chi connectivity index (χ4v) is 4.89. The molecular weight excluding hydrogens is 470 g/mol. The van der Waals surface area contributed by atoms with Gasteiger partial charge in [-0.2, -0.15) is 0 Å². The number of aryl methyl sites for hydroxylation is 1. The third-order valence-corrected chi connectivity index (χ3v) is 7.29. The molecule has 0 spiro atoms. The normalized spacial score (nSPS) is 13.8. The zero-order chi connectivity index (χ0) is 25.1. The van der Waals surface area contributed by atoms with Crippen LogP contribution in [-0.2, 0) is 6.42 Å². The van der Waals surface area contributed by atoms with Crippen molar-refractivity contribution in [3.8, 4) is 0 Å². The molecule has 5 rings (SSSR count). The third-order valence-electron chi connectivity index (χ3n) is 6.92. The van der Waals surface area contributed by atoms with Gasteiger partial charge in [0, 0.05) is 43.4 Å². The average molecular weight is 500 g/mol. The Hall–Kier alpha value is -3.64. The summed E-state index contributed by atoms with van der Waals surface area (Å²) in [6.45, 7) is 8.58. The fraction of sp³-hybridized carbons (Fsp3) is 0.276.